The molecule has 9 heteroatoms. The summed E-state index contributed by atoms with van der Waals surface area (Å²) in [6.07, 6.45) is 0.220. The van der Waals surface area contributed by atoms with Gasteiger partial charge in [0.05, 0.1) is 12.7 Å². The molecule has 1 aliphatic heterocycles. The average molecular weight is 350 g/mol. The highest BCUT2D eigenvalue weighted by Crippen LogP contribution is 2.35. The maximum atomic E-state index is 12.2. The van der Waals surface area contributed by atoms with E-state index < -0.39 is 18.6 Å². The second-order valence-electron chi connectivity index (χ2n) is 5.45. The predicted molar refractivity (Wildman–Crippen MR) is 83.5 cm³/mol. The van der Waals surface area contributed by atoms with Crippen LogP contribution in [0, 0.1) is 0 Å². The van der Waals surface area contributed by atoms with E-state index in [9.17, 15) is 9.90 Å². The van der Waals surface area contributed by atoms with Crippen molar-refractivity contribution in [3.05, 3.63) is 36.0 Å². The minimum absolute atomic E-state index is 0.00871. The monoisotopic (exact) mass is 350 g/mol. The molecule has 1 aromatic carbocycles. The normalized spacial score (nSPS) is 13.6. The largest absolute Gasteiger partial charge is 0.484 e. The highest BCUT2D eigenvalue weighted by atomic mass is 16.7. The van der Waals surface area contributed by atoms with E-state index in [1.54, 1.807) is 18.2 Å². The number of hydrogen-bond acceptors (Lipinski definition) is 8. The lowest BCUT2D eigenvalue weighted by atomic mass is 10.3. The van der Waals surface area contributed by atoms with Crippen LogP contribution in [0.25, 0.3) is 0 Å². The number of ether oxygens (including phenoxy) is 3. The lowest BCUT2D eigenvalue weighted by Gasteiger charge is -2.18. The van der Waals surface area contributed by atoms with E-state index in [0.29, 0.717) is 17.2 Å². The van der Waals surface area contributed by atoms with Crippen molar-refractivity contribution in [1.82, 2.24) is 9.88 Å². The Morgan fingerprint density at radius 3 is 3.00 bits per heavy atom. The Morgan fingerprint density at radius 2 is 2.20 bits per heavy atom. The molecule has 0 bridgehead atoms. The standard InChI is InChI=1S/C16H18N2O7/c1-18(5-10(20)6-19)16(21)12-7-23-15(17-12)8-22-11-2-3-13-14(4-11)25-9-24-13/h2-4,7,10,19-20H,5-6,8-9H2,1H3/t10-/m0/s1. The number of oxazole rings is 1. The minimum Gasteiger partial charge on any atom is -0.484 e. The van der Waals surface area contributed by atoms with E-state index >= 15 is 0 Å². The summed E-state index contributed by atoms with van der Waals surface area (Å²) in [5, 5.41) is 18.2. The van der Waals surface area contributed by atoms with Crippen LogP contribution in [0.15, 0.2) is 28.9 Å². The zero-order chi connectivity index (χ0) is 17.8. The van der Waals surface area contributed by atoms with Gasteiger partial charge in [0.25, 0.3) is 5.91 Å². The van der Waals surface area contributed by atoms with E-state index in [0.717, 1.165) is 0 Å². The molecule has 0 fully saturated rings. The first-order chi connectivity index (χ1) is 12.1. The van der Waals surface area contributed by atoms with Crippen LogP contribution in [0.1, 0.15) is 16.4 Å². The number of aromatic nitrogens is 1. The first-order valence-corrected chi connectivity index (χ1v) is 7.58. The Bertz CT molecular complexity index is 746. The fourth-order valence-electron chi connectivity index (χ4n) is 2.24. The van der Waals surface area contributed by atoms with Gasteiger partial charge in [-0.15, -0.1) is 0 Å². The van der Waals surface area contributed by atoms with Crippen LogP contribution >= 0.6 is 0 Å². The van der Waals surface area contributed by atoms with Crippen molar-refractivity contribution in [2.24, 2.45) is 0 Å². The van der Waals surface area contributed by atoms with Crippen molar-refractivity contribution in [3.8, 4) is 17.2 Å². The summed E-state index contributed by atoms with van der Waals surface area (Å²) in [6.45, 7) is -0.214. The second-order valence-corrected chi connectivity index (χ2v) is 5.45. The predicted octanol–water partition coefficient (Wildman–Crippen LogP) is 0.407. The summed E-state index contributed by atoms with van der Waals surface area (Å²) >= 11 is 0. The lowest BCUT2D eigenvalue weighted by Crippen LogP contribution is -2.36. The number of aliphatic hydroxyl groups is 2. The minimum atomic E-state index is -1.00. The smallest absolute Gasteiger partial charge is 0.275 e. The van der Waals surface area contributed by atoms with Crippen LogP contribution in [0.4, 0.5) is 0 Å². The number of carbonyl (C=O) groups is 1. The van der Waals surface area contributed by atoms with E-state index in [1.165, 1.54) is 18.2 Å². The maximum absolute atomic E-state index is 12.2. The van der Waals surface area contributed by atoms with Gasteiger partial charge in [-0.25, -0.2) is 4.98 Å². The molecule has 1 amide bonds. The Hall–Kier alpha value is -2.78. The molecule has 0 saturated carbocycles. The van der Waals surface area contributed by atoms with Gasteiger partial charge in [-0.3, -0.25) is 4.79 Å². The highest BCUT2D eigenvalue weighted by Gasteiger charge is 2.19. The first-order valence-electron chi connectivity index (χ1n) is 7.58. The summed E-state index contributed by atoms with van der Waals surface area (Å²) in [5.41, 5.74) is 0.0944. The number of amides is 1. The number of hydrogen-bond donors (Lipinski definition) is 2. The van der Waals surface area contributed by atoms with Crippen LogP contribution in [0.3, 0.4) is 0 Å². The van der Waals surface area contributed by atoms with Gasteiger partial charge in [0.1, 0.15) is 12.0 Å². The Labute approximate surface area is 143 Å². The van der Waals surface area contributed by atoms with Crippen molar-refractivity contribution in [3.63, 3.8) is 0 Å². The van der Waals surface area contributed by atoms with Gasteiger partial charge >= 0.3 is 0 Å². The molecule has 2 N–H and O–H groups in total. The van der Waals surface area contributed by atoms with Gasteiger partial charge in [-0.2, -0.15) is 0 Å². The van der Waals surface area contributed by atoms with Gasteiger partial charge in [0.15, 0.2) is 23.8 Å². The number of carbonyl (C=O) groups excluding carboxylic acids is 1. The van der Waals surface area contributed by atoms with Gasteiger partial charge < -0.3 is 33.7 Å². The molecule has 9 nitrogen and oxygen atoms in total. The van der Waals surface area contributed by atoms with Crippen LogP contribution in [0.5, 0.6) is 17.2 Å². The first kappa shape index (κ1) is 17.1. The van der Waals surface area contributed by atoms with Crippen molar-refractivity contribution in [1.29, 1.82) is 0 Å². The molecule has 0 saturated heterocycles. The number of nitrogens with zero attached hydrogens (tertiary/aromatic N) is 2. The van der Waals surface area contributed by atoms with E-state index in [2.05, 4.69) is 4.98 Å². The average Bonchev–Trinajstić information content (AvgIpc) is 3.27. The quantitative estimate of drug-likeness (QED) is 0.738. The summed E-state index contributed by atoms with van der Waals surface area (Å²) < 4.78 is 21.3. The number of benzene rings is 1. The second kappa shape index (κ2) is 7.41. The third-order valence-corrected chi connectivity index (χ3v) is 3.52. The lowest BCUT2D eigenvalue weighted by molar-refractivity contribution is 0.0516. The Morgan fingerprint density at radius 1 is 1.40 bits per heavy atom. The molecule has 0 radical (unpaired) electrons. The number of fused-ring (bicyclic) bond motifs is 1. The number of rotatable bonds is 7. The van der Waals surface area contributed by atoms with Crippen molar-refractivity contribution in [2.75, 3.05) is 27.0 Å². The van der Waals surface area contributed by atoms with Crippen LogP contribution < -0.4 is 14.2 Å². The fraction of sp³-hybridized carbons (Fsp3) is 0.375. The molecule has 25 heavy (non-hydrogen) atoms. The van der Waals surface area contributed by atoms with E-state index in [4.69, 9.17) is 23.7 Å². The van der Waals surface area contributed by atoms with Crippen molar-refractivity contribution in [2.45, 2.75) is 12.7 Å². The summed E-state index contributed by atoms with van der Waals surface area (Å²) in [4.78, 5) is 17.5. The molecule has 0 spiro atoms. The molecule has 0 unspecified atom stereocenters. The van der Waals surface area contributed by atoms with Crippen LogP contribution in [-0.2, 0) is 6.61 Å². The van der Waals surface area contributed by atoms with Gasteiger partial charge in [-0.05, 0) is 12.1 Å². The molecule has 1 aromatic heterocycles. The molecule has 1 atom stereocenters. The van der Waals surface area contributed by atoms with E-state index in [1.807, 2.05) is 0 Å². The molecular weight excluding hydrogens is 332 g/mol. The zero-order valence-corrected chi connectivity index (χ0v) is 13.5. The van der Waals surface area contributed by atoms with E-state index in [-0.39, 0.29) is 31.5 Å². The molecule has 2 aromatic rings. The maximum Gasteiger partial charge on any atom is 0.275 e. The Kier molecular flexibility index (Phi) is 5.05. The van der Waals surface area contributed by atoms with Crippen LogP contribution in [-0.4, -0.2) is 59.1 Å². The van der Waals surface area contributed by atoms with Crippen molar-refractivity contribution >= 4 is 5.91 Å². The number of aliphatic hydroxyl groups excluding tert-OH is 2. The Balaban J connectivity index is 1.57. The summed E-state index contributed by atoms with van der Waals surface area (Å²) in [6, 6.07) is 5.16. The third kappa shape index (κ3) is 4.01. The molecule has 1 aliphatic rings. The summed E-state index contributed by atoms with van der Waals surface area (Å²) in [7, 11) is 1.50. The third-order valence-electron chi connectivity index (χ3n) is 3.52. The van der Waals surface area contributed by atoms with Gasteiger partial charge in [-0.1, -0.05) is 0 Å². The highest BCUT2D eigenvalue weighted by molar-refractivity contribution is 5.91. The molecule has 134 valence electrons. The van der Waals surface area contributed by atoms with Crippen LogP contribution in [0.2, 0.25) is 0 Å². The molecule has 0 aliphatic carbocycles. The molecule has 3 rings (SSSR count). The van der Waals surface area contributed by atoms with Gasteiger partial charge in [0, 0.05) is 19.7 Å². The van der Waals surface area contributed by atoms with Gasteiger partial charge in [0.2, 0.25) is 12.7 Å². The zero-order valence-electron chi connectivity index (χ0n) is 13.5. The topological polar surface area (TPSA) is 114 Å². The molecule has 2 heterocycles. The number of likely N-dealkylation sites (N-methyl/N-ethyl adjacent to an activating group) is 1. The van der Waals surface area contributed by atoms with Crippen molar-refractivity contribution < 1.29 is 33.6 Å². The SMILES string of the molecule is CN(C[C@H](O)CO)C(=O)c1coc(COc2ccc3c(c2)OCO3)n1. The summed E-state index contributed by atoms with van der Waals surface area (Å²) in [5.74, 6) is 1.62. The molecular formula is C16H18N2O7. The fourth-order valence-corrected chi connectivity index (χ4v) is 2.24.